The second kappa shape index (κ2) is 10.2. The van der Waals surface area contributed by atoms with Crippen molar-refractivity contribution in [1.82, 2.24) is 0 Å². The van der Waals surface area contributed by atoms with Crippen LogP contribution in [0.2, 0.25) is 0 Å². The topological polar surface area (TPSA) is 27.7 Å². The van der Waals surface area contributed by atoms with Crippen LogP contribution in [0.1, 0.15) is 25.0 Å². The first-order valence-corrected chi connectivity index (χ1v) is 10.1. The molecule has 3 aromatic carbocycles. The predicted molar refractivity (Wildman–Crippen MR) is 114 cm³/mol. The summed E-state index contributed by atoms with van der Waals surface area (Å²) in [5.74, 6) is -0.271. The van der Waals surface area contributed by atoms with Gasteiger partial charge in [0.25, 0.3) is 0 Å². The lowest BCUT2D eigenvalue weighted by molar-refractivity contribution is -0.253. The van der Waals surface area contributed by atoms with Gasteiger partial charge in [0, 0.05) is 5.41 Å². The van der Waals surface area contributed by atoms with Crippen LogP contribution < -0.4 is 9.47 Å². The zero-order valence-corrected chi connectivity index (χ0v) is 18.0. The Labute approximate surface area is 188 Å². The van der Waals surface area contributed by atoms with Crippen molar-refractivity contribution in [2.45, 2.75) is 38.4 Å². The van der Waals surface area contributed by atoms with Crippen molar-refractivity contribution >= 4 is 0 Å². The third kappa shape index (κ3) is 6.68. The Bertz CT molecular complexity index is 1040. The summed E-state index contributed by atoms with van der Waals surface area (Å²) in [7, 11) is 0. The summed E-state index contributed by atoms with van der Waals surface area (Å²) in [4.78, 5) is 0. The van der Waals surface area contributed by atoms with Crippen molar-refractivity contribution in [2.75, 3.05) is 6.61 Å². The summed E-state index contributed by atoms with van der Waals surface area (Å²) < 4.78 is 80.2. The molecule has 0 unspecified atom stereocenters. The second-order valence-electron chi connectivity index (χ2n) is 8.05. The molecule has 0 aliphatic rings. The molecule has 3 rings (SSSR count). The molecule has 0 N–H and O–H groups in total. The van der Waals surface area contributed by atoms with Crippen LogP contribution in [0.5, 0.6) is 17.2 Å². The Kier molecular flexibility index (Phi) is 7.58. The number of ether oxygens (including phenoxy) is 3. The lowest BCUT2D eigenvalue weighted by Crippen LogP contribution is -2.33. The predicted octanol–water partition coefficient (Wildman–Crippen LogP) is 7.35. The molecule has 0 spiro atoms. The summed E-state index contributed by atoms with van der Waals surface area (Å²) >= 11 is 0. The summed E-state index contributed by atoms with van der Waals surface area (Å²) in [6.45, 7) is 4.21. The van der Waals surface area contributed by atoms with Gasteiger partial charge in [-0.25, -0.2) is 4.39 Å². The molecule has 0 radical (unpaired) electrons. The van der Waals surface area contributed by atoms with E-state index in [0.717, 1.165) is 5.56 Å². The molecule has 3 nitrogen and oxygen atoms in total. The number of rotatable bonds is 10. The Morgan fingerprint density at radius 1 is 0.848 bits per heavy atom. The maximum atomic E-state index is 14.1. The van der Waals surface area contributed by atoms with Crippen LogP contribution in [0, 0.1) is 5.82 Å². The molecule has 0 fully saturated rings. The van der Waals surface area contributed by atoms with Gasteiger partial charge in [-0.3, -0.25) is 0 Å². The van der Waals surface area contributed by atoms with Crippen LogP contribution in [0.25, 0.3) is 0 Å². The highest BCUT2D eigenvalue weighted by molar-refractivity contribution is 5.35. The Morgan fingerprint density at radius 3 is 2.15 bits per heavy atom. The van der Waals surface area contributed by atoms with E-state index in [-0.39, 0.29) is 24.7 Å². The maximum Gasteiger partial charge on any atom is 0.461 e. The van der Waals surface area contributed by atoms with Gasteiger partial charge >= 0.3 is 12.5 Å². The van der Waals surface area contributed by atoms with E-state index in [2.05, 4.69) is 4.74 Å². The van der Waals surface area contributed by atoms with Crippen LogP contribution in [-0.4, -0.2) is 19.1 Å². The minimum Gasteiger partial charge on any atom is -0.454 e. The van der Waals surface area contributed by atoms with Crippen LogP contribution in [0.3, 0.4) is 0 Å². The molecular formula is C25H23F5O3. The summed E-state index contributed by atoms with van der Waals surface area (Å²) in [6.07, 6.45) is -8.48. The number of benzene rings is 3. The molecule has 33 heavy (non-hydrogen) atoms. The summed E-state index contributed by atoms with van der Waals surface area (Å²) in [6, 6.07) is 18.7. The minimum atomic E-state index is -4.56. The van der Waals surface area contributed by atoms with Crippen molar-refractivity contribution in [3.05, 3.63) is 89.7 Å². The number of hydrogen-bond donors (Lipinski definition) is 0. The van der Waals surface area contributed by atoms with Gasteiger partial charge in [-0.15, -0.1) is 0 Å². The van der Waals surface area contributed by atoms with Gasteiger partial charge in [0.15, 0.2) is 11.6 Å². The van der Waals surface area contributed by atoms with E-state index in [9.17, 15) is 22.0 Å². The largest absolute Gasteiger partial charge is 0.461 e. The first kappa shape index (κ1) is 24.5. The summed E-state index contributed by atoms with van der Waals surface area (Å²) in [5.41, 5.74) is 0.922. The van der Waals surface area contributed by atoms with Crippen molar-refractivity contribution in [1.29, 1.82) is 0 Å². The fourth-order valence-electron chi connectivity index (χ4n) is 3.01. The van der Waals surface area contributed by atoms with Crippen molar-refractivity contribution in [2.24, 2.45) is 0 Å². The third-order valence-electron chi connectivity index (χ3n) is 4.84. The first-order valence-electron chi connectivity index (χ1n) is 10.1. The van der Waals surface area contributed by atoms with Gasteiger partial charge in [0.05, 0.1) is 13.2 Å². The van der Waals surface area contributed by atoms with E-state index in [4.69, 9.17) is 9.47 Å². The van der Waals surface area contributed by atoms with E-state index in [1.54, 1.807) is 36.4 Å². The molecule has 176 valence electrons. The molecule has 0 bridgehead atoms. The number of alkyl halides is 4. The average Bonchev–Trinajstić information content (AvgIpc) is 2.76. The fraction of sp³-hybridized carbons (Fsp3) is 0.280. The molecule has 0 aliphatic heterocycles. The Balaban J connectivity index is 1.59. The van der Waals surface area contributed by atoms with E-state index < -0.39 is 23.8 Å². The quantitative estimate of drug-likeness (QED) is 0.293. The van der Waals surface area contributed by atoms with E-state index in [0.29, 0.717) is 11.3 Å². The zero-order valence-electron chi connectivity index (χ0n) is 18.0. The van der Waals surface area contributed by atoms with Crippen LogP contribution >= 0.6 is 0 Å². The molecule has 0 heterocycles. The van der Waals surface area contributed by atoms with Gasteiger partial charge in [-0.1, -0.05) is 50.2 Å². The maximum absolute atomic E-state index is 14.1. The van der Waals surface area contributed by atoms with Gasteiger partial charge < -0.3 is 14.2 Å². The molecule has 0 saturated carbocycles. The van der Waals surface area contributed by atoms with Crippen LogP contribution in [-0.2, 0) is 16.8 Å². The molecule has 0 amide bonds. The van der Waals surface area contributed by atoms with Gasteiger partial charge in [0.1, 0.15) is 11.5 Å². The third-order valence-corrected chi connectivity index (χ3v) is 4.84. The van der Waals surface area contributed by atoms with Gasteiger partial charge in [0.2, 0.25) is 0 Å². The molecule has 0 atom stereocenters. The summed E-state index contributed by atoms with van der Waals surface area (Å²) in [5, 5.41) is 0. The first-order chi connectivity index (χ1) is 15.6. The highest BCUT2D eigenvalue weighted by atomic mass is 19.3. The van der Waals surface area contributed by atoms with Crippen LogP contribution in [0.15, 0.2) is 72.8 Å². The second-order valence-corrected chi connectivity index (χ2v) is 8.05. The van der Waals surface area contributed by atoms with E-state index in [1.165, 1.54) is 30.3 Å². The number of para-hydroxylation sites is 1. The molecule has 0 aliphatic carbocycles. The normalized spacial score (nSPS) is 12.1. The van der Waals surface area contributed by atoms with Gasteiger partial charge in [-0.2, -0.15) is 17.6 Å². The average molecular weight is 466 g/mol. The molecule has 0 saturated heterocycles. The van der Waals surface area contributed by atoms with Crippen molar-refractivity contribution < 1.29 is 36.2 Å². The lowest BCUT2D eigenvalue weighted by atomic mass is 9.85. The monoisotopic (exact) mass is 466 g/mol. The van der Waals surface area contributed by atoms with Crippen molar-refractivity contribution in [3.8, 4) is 17.2 Å². The Morgan fingerprint density at radius 2 is 1.52 bits per heavy atom. The fourth-order valence-corrected chi connectivity index (χ4v) is 3.01. The highest BCUT2D eigenvalue weighted by Gasteiger charge is 2.44. The highest BCUT2D eigenvalue weighted by Crippen LogP contribution is 2.31. The SMILES string of the molecule is CC(C)(COCc1ccc(F)c(Oc2ccccc2)c1)c1ccc(OC(F)(F)C(F)F)cc1. The zero-order chi connectivity index (χ0) is 24.1. The van der Waals surface area contributed by atoms with E-state index >= 15 is 0 Å². The molecular weight excluding hydrogens is 443 g/mol. The molecule has 0 aromatic heterocycles. The van der Waals surface area contributed by atoms with Gasteiger partial charge in [-0.05, 0) is 47.5 Å². The number of halogens is 5. The Hall–Kier alpha value is -3.13. The van der Waals surface area contributed by atoms with Crippen molar-refractivity contribution in [3.63, 3.8) is 0 Å². The standard InChI is InChI=1S/C25H23F5O3/c1-24(2,18-9-11-20(12-10-18)33-25(29,30)23(27)28)16-31-15-17-8-13-21(26)22(14-17)32-19-6-4-3-5-7-19/h3-14,23H,15-16H2,1-2H3. The minimum absolute atomic E-state index is 0.0812. The van der Waals surface area contributed by atoms with Crippen LogP contribution in [0.4, 0.5) is 22.0 Å². The lowest BCUT2D eigenvalue weighted by Gasteiger charge is -2.26. The molecule has 3 aromatic rings. The smallest absolute Gasteiger partial charge is 0.454 e. The van der Waals surface area contributed by atoms with E-state index in [1.807, 2.05) is 19.9 Å². The number of hydrogen-bond acceptors (Lipinski definition) is 3. The molecule has 8 heteroatoms.